The number of nitrogens with zero attached hydrogens (tertiary/aromatic N) is 6. The highest BCUT2D eigenvalue weighted by molar-refractivity contribution is 5.91. The molecule has 4 saturated carbocycles. The summed E-state index contributed by atoms with van der Waals surface area (Å²) < 4.78 is 5.00. The molecule has 9 heteroatoms. The Hall–Kier alpha value is -4.79. The predicted octanol–water partition coefficient (Wildman–Crippen LogP) is 6.21. The summed E-state index contributed by atoms with van der Waals surface area (Å²) in [7, 11) is 3.60. The maximum absolute atomic E-state index is 13.9. The third-order valence-corrected chi connectivity index (χ3v) is 12.3. The zero-order chi connectivity index (χ0) is 33.4. The molecule has 0 radical (unpaired) electrons. The third-order valence-electron chi connectivity index (χ3n) is 12.3. The number of aromatic amines is 1. The van der Waals surface area contributed by atoms with E-state index in [0.29, 0.717) is 11.0 Å². The molecule has 5 fully saturated rings. The van der Waals surface area contributed by atoms with Crippen molar-refractivity contribution in [2.75, 3.05) is 36.0 Å². The summed E-state index contributed by atoms with van der Waals surface area (Å²) in [5.74, 6) is 2.69. The van der Waals surface area contributed by atoms with E-state index < -0.39 is 0 Å². The van der Waals surface area contributed by atoms with Gasteiger partial charge < -0.3 is 9.80 Å². The SMILES string of the molecule is Cc1[nH]n(-c2ccc(C34CC5CC(CC(C5)C3)C4)cc2)c(=O)c1C=Nc1cc2c(cc1N1CCN(c3ccccc3)CC1)n(C)c(=O)n2C. The molecule has 1 aliphatic heterocycles. The standard InChI is InChI=1S/C40H45N7O2/c1-26-33(38(48)47(42-26)32-11-9-30(10-12-32)40-22-27-17-28(23-40)19-29(18-27)24-40)25-41-34-20-36-37(44(3)39(49)43(36)2)21-35(34)46-15-13-45(14-16-46)31-7-5-4-6-8-31/h4-12,20-21,25,27-29,42H,13-19,22-24H2,1-3H3. The number of para-hydroxylation sites is 1. The van der Waals surface area contributed by atoms with Gasteiger partial charge in [0.1, 0.15) is 0 Å². The van der Waals surface area contributed by atoms with Gasteiger partial charge in [-0.25, -0.2) is 9.48 Å². The van der Waals surface area contributed by atoms with Crippen LogP contribution in [0.5, 0.6) is 0 Å². The summed E-state index contributed by atoms with van der Waals surface area (Å²) in [6.45, 7) is 5.32. The number of aryl methyl sites for hydroxylation is 3. The van der Waals surface area contributed by atoms with Crippen LogP contribution in [0.15, 0.2) is 81.3 Å². The van der Waals surface area contributed by atoms with E-state index in [1.165, 1.54) is 49.8 Å². The molecule has 0 amide bonds. The molecule has 1 N–H and O–H groups in total. The molecule has 1 saturated heterocycles. The Morgan fingerprint density at radius 2 is 1.35 bits per heavy atom. The molecule has 252 valence electrons. The molecule has 3 heterocycles. The van der Waals surface area contributed by atoms with Crippen LogP contribution in [0.25, 0.3) is 16.7 Å². The van der Waals surface area contributed by atoms with Crippen molar-refractivity contribution in [1.82, 2.24) is 18.9 Å². The Balaban J connectivity index is 1.02. The van der Waals surface area contributed by atoms with Crippen molar-refractivity contribution in [2.24, 2.45) is 36.8 Å². The van der Waals surface area contributed by atoms with Crippen LogP contribution in [0.1, 0.15) is 55.3 Å². The number of hydrogen-bond acceptors (Lipinski definition) is 5. The molecular weight excluding hydrogens is 610 g/mol. The molecule has 4 bridgehead atoms. The number of piperazine rings is 1. The first-order chi connectivity index (χ1) is 23.8. The lowest BCUT2D eigenvalue weighted by Crippen LogP contribution is -2.48. The fourth-order valence-electron chi connectivity index (χ4n) is 10.2. The maximum atomic E-state index is 13.9. The van der Waals surface area contributed by atoms with E-state index in [1.807, 2.05) is 26.1 Å². The summed E-state index contributed by atoms with van der Waals surface area (Å²) >= 11 is 0. The van der Waals surface area contributed by atoms with Crippen LogP contribution in [0.4, 0.5) is 17.1 Å². The van der Waals surface area contributed by atoms with Crippen LogP contribution >= 0.6 is 0 Å². The highest BCUT2D eigenvalue weighted by atomic mass is 16.1. The van der Waals surface area contributed by atoms with Crippen molar-refractivity contribution < 1.29 is 0 Å². The average molecular weight is 656 g/mol. The van der Waals surface area contributed by atoms with E-state index in [9.17, 15) is 9.59 Å². The number of hydrogen-bond donors (Lipinski definition) is 1. The van der Waals surface area contributed by atoms with Crippen molar-refractivity contribution in [3.8, 4) is 5.69 Å². The van der Waals surface area contributed by atoms with E-state index >= 15 is 0 Å². The van der Waals surface area contributed by atoms with Gasteiger partial charge in [0, 0.05) is 57.9 Å². The number of aliphatic imine (C=N–C) groups is 1. The summed E-state index contributed by atoms with van der Waals surface area (Å²) in [6, 6.07) is 23.4. The lowest BCUT2D eigenvalue weighted by molar-refractivity contribution is -0.00518. The molecule has 10 rings (SSSR count). The van der Waals surface area contributed by atoms with Gasteiger partial charge in [0.05, 0.1) is 33.7 Å². The highest BCUT2D eigenvalue weighted by Gasteiger charge is 2.51. The topological polar surface area (TPSA) is 83.6 Å². The number of rotatable bonds is 6. The quantitative estimate of drug-likeness (QED) is 0.221. The van der Waals surface area contributed by atoms with E-state index in [1.54, 1.807) is 27.1 Å². The Morgan fingerprint density at radius 1 is 0.755 bits per heavy atom. The Kier molecular flexibility index (Phi) is 7.04. The highest BCUT2D eigenvalue weighted by Crippen LogP contribution is 2.60. The second-order valence-electron chi connectivity index (χ2n) is 15.3. The molecule has 0 atom stereocenters. The molecule has 0 unspecified atom stereocenters. The number of aromatic nitrogens is 4. The fourth-order valence-corrected chi connectivity index (χ4v) is 10.2. The Bertz CT molecular complexity index is 2160. The van der Waals surface area contributed by atoms with Gasteiger partial charge in [-0.1, -0.05) is 30.3 Å². The second kappa shape index (κ2) is 11.4. The van der Waals surface area contributed by atoms with Crippen molar-refractivity contribution >= 4 is 34.3 Å². The van der Waals surface area contributed by atoms with E-state index in [4.69, 9.17) is 4.99 Å². The Morgan fingerprint density at radius 3 is 1.98 bits per heavy atom. The molecule has 4 aliphatic carbocycles. The molecule has 5 aromatic rings. The zero-order valence-corrected chi connectivity index (χ0v) is 28.7. The van der Waals surface area contributed by atoms with Crippen LogP contribution in [0.3, 0.4) is 0 Å². The summed E-state index contributed by atoms with van der Waals surface area (Å²) in [4.78, 5) is 36.5. The molecule has 5 aliphatic rings. The van der Waals surface area contributed by atoms with Crippen molar-refractivity contribution in [1.29, 1.82) is 0 Å². The van der Waals surface area contributed by atoms with E-state index in [-0.39, 0.29) is 11.2 Å². The molecule has 49 heavy (non-hydrogen) atoms. The summed E-state index contributed by atoms with van der Waals surface area (Å²) in [6.07, 6.45) is 9.98. The van der Waals surface area contributed by atoms with Gasteiger partial charge in [0.15, 0.2) is 0 Å². The van der Waals surface area contributed by atoms with Gasteiger partial charge in [-0.3, -0.25) is 24.0 Å². The van der Waals surface area contributed by atoms with Crippen molar-refractivity contribution in [2.45, 2.75) is 50.9 Å². The van der Waals surface area contributed by atoms with Crippen LogP contribution in [-0.2, 0) is 19.5 Å². The average Bonchev–Trinajstić information content (AvgIpc) is 3.52. The molecular formula is C40H45N7O2. The summed E-state index contributed by atoms with van der Waals surface area (Å²) in [5.41, 5.74) is 8.36. The maximum Gasteiger partial charge on any atom is 0.328 e. The van der Waals surface area contributed by atoms with Gasteiger partial charge in [-0.15, -0.1) is 0 Å². The number of benzene rings is 3. The first-order valence-corrected chi connectivity index (χ1v) is 18.0. The van der Waals surface area contributed by atoms with E-state index in [0.717, 1.165) is 77.7 Å². The fraction of sp³-hybridized carbons (Fsp3) is 0.425. The van der Waals surface area contributed by atoms with Gasteiger partial charge in [0.25, 0.3) is 5.56 Å². The van der Waals surface area contributed by atoms with Crippen LogP contribution in [0.2, 0.25) is 0 Å². The zero-order valence-electron chi connectivity index (χ0n) is 28.7. The minimum atomic E-state index is -0.116. The smallest absolute Gasteiger partial charge is 0.328 e. The first kappa shape index (κ1) is 30.3. The lowest BCUT2D eigenvalue weighted by atomic mass is 9.48. The summed E-state index contributed by atoms with van der Waals surface area (Å²) in [5, 5.41) is 3.32. The third kappa shape index (κ3) is 4.99. The van der Waals surface area contributed by atoms with Crippen LogP contribution in [-0.4, -0.2) is 51.3 Å². The second-order valence-corrected chi connectivity index (χ2v) is 15.3. The van der Waals surface area contributed by atoms with Gasteiger partial charge >= 0.3 is 5.69 Å². The van der Waals surface area contributed by atoms with E-state index in [2.05, 4.69) is 69.5 Å². The van der Waals surface area contributed by atoms with Crippen molar-refractivity contribution in [3.63, 3.8) is 0 Å². The van der Waals surface area contributed by atoms with Crippen molar-refractivity contribution in [3.05, 3.63) is 104 Å². The van der Waals surface area contributed by atoms with Gasteiger partial charge in [-0.2, -0.15) is 0 Å². The normalized spacial score (nSPS) is 24.9. The molecule has 3 aromatic carbocycles. The number of anilines is 2. The number of imidazole rings is 1. The van der Waals surface area contributed by atoms with Crippen LogP contribution in [0, 0.1) is 24.7 Å². The Labute approximate surface area is 286 Å². The van der Waals surface area contributed by atoms with Gasteiger partial charge in [0.2, 0.25) is 0 Å². The van der Waals surface area contributed by atoms with Gasteiger partial charge in [-0.05, 0) is 111 Å². The number of fused-ring (bicyclic) bond motifs is 1. The predicted molar refractivity (Wildman–Crippen MR) is 197 cm³/mol. The minimum absolute atomic E-state index is 0.0745. The van der Waals surface area contributed by atoms with Crippen LogP contribution < -0.4 is 21.0 Å². The first-order valence-electron chi connectivity index (χ1n) is 18.0. The minimum Gasteiger partial charge on any atom is -0.368 e. The monoisotopic (exact) mass is 655 g/mol. The number of nitrogens with one attached hydrogen (secondary N) is 1. The number of H-pyrrole nitrogens is 1. The molecule has 9 nitrogen and oxygen atoms in total. The largest absolute Gasteiger partial charge is 0.368 e. The molecule has 2 aromatic heterocycles. The molecule has 0 spiro atoms. The lowest BCUT2D eigenvalue weighted by Gasteiger charge is -2.57.